The van der Waals surface area contributed by atoms with Gasteiger partial charge in [-0.25, -0.2) is 0 Å². The molecule has 0 unspecified atom stereocenters. The molecule has 1 amide bonds. The van der Waals surface area contributed by atoms with Crippen molar-refractivity contribution in [2.24, 2.45) is 0 Å². The molecule has 3 heteroatoms. The molecule has 0 aliphatic carbocycles. The lowest BCUT2D eigenvalue weighted by molar-refractivity contribution is 0.102. The minimum atomic E-state index is -0.136. The maximum atomic E-state index is 12.0. The number of aryl methyl sites for hydroxylation is 3. The zero-order chi connectivity index (χ0) is 12.4. The molecule has 0 saturated heterocycles. The normalized spacial score (nSPS) is 10.3. The molecule has 0 aliphatic heterocycles. The van der Waals surface area contributed by atoms with Gasteiger partial charge in [0, 0.05) is 5.69 Å². The summed E-state index contributed by atoms with van der Waals surface area (Å²) < 4.78 is 5.33. The van der Waals surface area contributed by atoms with Crippen molar-refractivity contribution >= 4 is 11.6 Å². The van der Waals surface area contributed by atoms with Gasteiger partial charge in [0.1, 0.15) is 11.5 Å². The summed E-state index contributed by atoms with van der Waals surface area (Å²) in [6.07, 6.45) is 0. The second-order valence-corrected chi connectivity index (χ2v) is 4.15. The molecule has 1 aromatic carbocycles. The van der Waals surface area contributed by atoms with Crippen molar-refractivity contribution in [1.29, 1.82) is 0 Å². The number of carbonyl (C=O) groups excluding carboxylic acids is 1. The Balaban J connectivity index is 2.17. The van der Waals surface area contributed by atoms with Gasteiger partial charge in [0.05, 0.1) is 5.56 Å². The Labute approximate surface area is 100 Å². The predicted octanol–water partition coefficient (Wildman–Crippen LogP) is 3.46. The van der Waals surface area contributed by atoms with Crippen molar-refractivity contribution in [3.8, 4) is 0 Å². The molecule has 0 aliphatic rings. The third kappa shape index (κ3) is 2.56. The summed E-state index contributed by atoms with van der Waals surface area (Å²) in [6.45, 7) is 5.63. The van der Waals surface area contributed by atoms with Crippen LogP contribution in [-0.2, 0) is 0 Å². The molecule has 1 heterocycles. The van der Waals surface area contributed by atoms with E-state index in [9.17, 15) is 4.79 Å². The van der Waals surface area contributed by atoms with Crippen molar-refractivity contribution in [2.75, 3.05) is 5.32 Å². The number of nitrogens with one attached hydrogen (secondary N) is 1. The second-order valence-electron chi connectivity index (χ2n) is 4.15. The number of benzene rings is 1. The minimum Gasteiger partial charge on any atom is -0.466 e. The standard InChI is InChI=1S/C14H15NO2/c1-9-4-6-12(7-5-9)15-14(16)13-8-10(2)17-11(13)3/h4-8H,1-3H3,(H,15,16). The first-order valence-corrected chi connectivity index (χ1v) is 5.51. The van der Waals surface area contributed by atoms with Gasteiger partial charge in [-0.15, -0.1) is 0 Å². The number of furan rings is 1. The van der Waals surface area contributed by atoms with Crippen molar-refractivity contribution in [2.45, 2.75) is 20.8 Å². The molecule has 2 aromatic rings. The zero-order valence-electron chi connectivity index (χ0n) is 10.2. The van der Waals surface area contributed by atoms with Gasteiger partial charge in [-0.3, -0.25) is 4.79 Å². The van der Waals surface area contributed by atoms with E-state index in [1.165, 1.54) is 5.56 Å². The van der Waals surface area contributed by atoms with Crippen LogP contribution in [0, 0.1) is 20.8 Å². The SMILES string of the molecule is Cc1ccc(NC(=O)c2cc(C)oc2C)cc1. The summed E-state index contributed by atoms with van der Waals surface area (Å²) in [5.74, 6) is 1.26. The molecule has 0 radical (unpaired) electrons. The average molecular weight is 229 g/mol. The summed E-state index contributed by atoms with van der Waals surface area (Å²) in [7, 11) is 0. The quantitative estimate of drug-likeness (QED) is 0.856. The van der Waals surface area contributed by atoms with E-state index >= 15 is 0 Å². The molecular weight excluding hydrogens is 214 g/mol. The van der Waals surface area contributed by atoms with Gasteiger partial charge < -0.3 is 9.73 Å². The maximum absolute atomic E-state index is 12.0. The third-order valence-corrected chi connectivity index (χ3v) is 2.60. The van der Waals surface area contributed by atoms with E-state index in [1.807, 2.05) is 38.1 Å². The average Bonchev–Trinajstić information content (AvgIpc) is 2.61. The Morgan fingerprint density at radius 2 is 1.76 bits per heavy atom. The fourth-order valence-corrected chi connectivity index (χ4v) is 1.69. The Hall–Kier alpha value is -2.03. The molecule has 3 nitrogen and oxygen atoms in total. The lowest BCUT2D eigenvalue weighted by Gasteiger charge is -2.04. The highest BCUT2D eigenvalue weighted by Crippen LogP contribution is 2.16. The molecular formula is C14H15NO2. The lowest BCUT2D eigenvalue weighted by Crippen LogP contribution is -2.11. The van der Waals surface area contributed by atoms with Crippen LogP contribution in [0.2, 0.25) is 0 Å². The first-order valence-electron chi connectivity index (χ1n) is 5.51. The fraction of sp³-hybridized carbons (Fsp3) is 0.214. The lowest BCUT2D eigenvalue weighted by atomic mass is 10.2. The molecule has 1 N–H and O–H groups in total. The number of carbonyl (C=O) groups is 1. The molecule has 0 fully saturated rings. The number of amides is 1. The van der Waals surface area contributed by atoms with Gasteiger partial charge in [0.25, 0.3) is 5.91 Å². The highest BCUT2D eigenvalue weighted by Gasteiger charge is 2.13. The first-order chi connectivity index (χ1) is 8.06. The van der Waals surface area contributed by atoms with E-state index in [4.69, 9.17) is 4.42 Å². The molecule has 2 rings (SSSR count). The summed E-state index contributed by atoms with van der Waals surface area (Å²) in [4.78, 5) is 12.0. The van der Waals surface area contributed by atoms with Gasteiger partial charge in [-0.05, 0) is 39.0 Å². The fourth-order valence-electron chi connectivity index (χ4n) is 1.69. The van der Waals surface area contributed by atoms with Crippen LogP contribution in [0.25, 0.3) is 0 Å². The van der Waals surface area contributed by atoms with Crippen LogP contribution >= 0.6 is 0 Å². The first kappa shape index (κ1) is 11.5. The summed E-state index contributed by atoms with van der Waals surface area (Å²) in [6, 6.07) is 9.44. The van der Waals surface area contributed by atoms with Crippen LogP contribution in [0.15, 0.2) is 34.7 Å². The predicted molar refractivity (Wildman–Crippen MR) is 67.3 cm³/mol. The van der Waals surface area contributed by atoms with Gasteiger partial charge in [0.15, 0.2) is 0 Å². The number of rotatable bonds is 2. The number of hydrogen-bond donors (Lipinski definition) is 1. The molecule has 1 aromatic heterocycles. The third-order valence-electron chi connectivity index (χ3n) is 2.60. The van der Waals surface area contributed by atoms with E-state index in [0.717, 1.165) is 11.4 Å². The second kappa shape index (κ2) is 4.45. The van der Waals surface area contributed by atoms with Crippen LogP contribution in [0.4, 0.5) is 5.69 Å². The minimum absolute atomic E-state index is 0.136. The highest BCUT2D eigenvalue weighted by molar-refractivity contribution is 6.05. The van der Waals surface area contributed by atoms with Gasteiger partial charge >= 0.3 is 0 Å². The molecule has 0 saturated carbocycles. The van der Waals surface area contributed by atoms with Crippen molar-refractivity contribution in [1.82, 2.24) is 0 Å². The summed E-state index contributed by atoms with van der Waals surface area (Å²) in [5, 5.41) is 2.84. The number of anilines is 1. The number of hydrogen-bond acceptors (Lipinski definition) is 2. The topological polar surface area (TPSA) is 42.2 Å². The van der Waals surface area contributed by atoms with Crippen molar-refractivity contribution in [3.63, 3.8) is 0 Å². The van der Waals surface area contributed by atoms with E-state index in [-0.39, 0.29) is 5.91 Å². The van der Waals surface area contributed by atoms with Crippen LogP contribution in [-0.4, -0.2) is 5.91 Å². The van der Waals surface area contributed by atoms with E-state index < -0.39 is 0 Å². The largest absolute Gasteiger partial charge is 0.466 e. The molecule has 88 valence electrons. The highest BCUT2D eigenvalue weighted by atomic mass is 16.3. The monoisotopic (exact) mass is 229 g/mol. The van der Waals surface area contributed by atoms with Crippen LogP contribution < -0.4 is 5.32 Å². The van der Waals surface area contributed by atoms with E-state index in [1.54, 1.807) is 13.0 Å². The molecule has 0 spiro atoms. The van der Waals surface area contributed by atoms with Crippen molar-refractivity contribution < 1.29 is 9.21 Å². The van der Waals surface area contributed by atoms with Crippen molar-refractivity contribution in [3.05, 3.63) is 53.0 Å². The van der Waals surface area contributed by atoms with Crippen LogP contribution in [0.5, 0.6) is 0 Å². The Morgan fingerprint density at radius 1 is 1.12 bits per heavy atom. The Morgan fingerprint density at radius 3 is 2.29 bits per heavy atom. The van der Waals surface area contributed by atoms with Crippen LogP contribution in [0.3, 0.4) is 0 Å². The summed E-state index contributed by atoms with van der Waals surface area (Å²) in [5.41, 5.74) is 2.54. The molecule has 0 bridgehead atoms. The zero-order valence-corrected chi connectivity index (χ0v) is 10.2. The van der Waals surface area contributed by atoms with E-state index in [0.29, 0.717) is 11.3 Å². The smallest absolute Gasteiger partial charge is 0.259 e. The Bertz CT molecular complexity index is 538. The van der Waals surface area contributed by atoms with Gasteiger partial charge in [-0.2, -0.15) is 0 Å². The van der Waals surface area contributed by atoms with Gasteiger partial charge in [0.2, 0.25) is 0 Å². The Kier molecular flexibility index (Phi) is 3.00. The van der Waals surface area contributed by atoms with Crippen LogP contribution in [0.1, 0.15) is 27.4 Å². The van der Waals surface area contributed by atoms with Gasteiger partial charge in [-0.1, -0.05) is 17.7 Å². The van der Waals surface area contributed by atoms with E-state index in [2.05, 4.69) is 5.32 Å². The maximum Gasteiger partial charge on any atom is 0.259 e. The summed E-state index contributed by atoms with van der Waals surface area (Å²) >= 11 is 0. The molecule has 17 heavy (non-hydrogen) atoms. The molecule has 0 atom stereocenters.